The van der Waals surface area contributed by atoms with Crippen LogP contribution in [0.1, 0.15) is 36.6 Å². The summed E-state index contributed by atoms with van der Waals surface area (Å²) in [5, 5.41) is 5.92. The Bertz CT molecular complexity index is 1290. The Morgan fingerprint density at radius 1 is 1.12 bits per heavy atom. The van der Waals surface area contributed by atoms with Crippen molar-refractivity contribution in [2.75, 3.05) is 16.4 Å². The summed E-state index contributed by atoms with van der Waals surface area (Å²) in [5.41, 5.74) is 3.38. The van der Waals surface area contributed by atoms with E-state index in [4.69, 9.17) is 0 Å². The number of hydrogen-bond donors (Lipinski definition) is 2. The molecule has 33 heavy (non-hydrogen) atoms. The second-order valence-electron chi connectivity index (χ2n) is 7.96. The first kappa shape index (κ1) is 22.8. The SMILES string of the molecule is CCCS(=O)(=O)c1ccccc1CCc1nc(Nc2ccc3c(c2)CCC(=O)N3)ncc1F. The molecule has 172 valence electrons. The van der Waals surface area contributed by atoms with Crippen molar-refractivity contribution in [1.29, 1.82) is 0 Å². The second-order valence-corrected chi connectivity index (χ2v) is 10.0. The van der Waals surface area contributed by atoms with E-state index < -0.39 is 15.7 Å². The molecule has 1 amide bonds. The molecule has 0 fully saturated rings. The first-order valence-electron chi connectivity index (χ1n) is 10.9. The van der Waals surface area contributed by atoms with Crippen LogP contribution in [-0.2, 0) is 33.9 Å². The average molecular weight is 469 g/mol. The molecule has 3 aromatic rings. The molecule has 1 aliphatic heterocycles. The van der Waals surface area contributed by atoms with Crippen LogP contribution in [0, 0.1) is 5.82 Å². The van der Waals surface area contributed by atoms with Crippen LogP contribution in [0.2, 0.25) is 0 Å². The van der Waals surface area contributed by atoms with Gasteiger partial charge in [-0.2, -0.15) is 0 Å². The maximum absolute atomic E-state index is 14.4. The molecule has 0 saturated carbocycles. The molecule has 2 N–H and O–H groups in total. The smallest absolute Gasteiger partial charge is 0.227 e. The van der Waals surface area contributed by atoms with Crippen LogP contribution in [-0.4, -0.2) is 30.0 Å². The molecule has 0 unspecified atom stereocenters. The van der Waals surface area contributed by atoms with Crippen LogP contribution in [0.25, 0.3) is 0 Å². The number of benzene rings is 2. The molecule has 2 heterocycles. The highest BCUT2D eigenvalue weighted by molar-refractivity contribution is 7.91. The molecule has 1 aromatic heterocycles. The molecule has 1 aliphatic rings. The number of rotatable bonds is 8. The molecule has 2 aromatic carbocycles. The lowest BCUT2D eigenvalue weighted by Gasteiger charge is -2.17. The minimum absolute atomic E-state index is 0.00112. The van der Waals surface area contributed by atoms with Gasteiger partial charge in [0.1, 0.15) is 0 Å². The van der Waals surface area contributed by atoms with E-state index >= 15 is 0 Å². The van der Waals surface area contributed by atoms with Crippen LogP contribution in [0.3, 0.4) is 0 Å². The number of nitrogens with zero attached hydrogens (tertiary/aromatic N) is 2. The summed E-state index contributed by atoms with van der Waals surface area (Å²) < 4.78 is 39.6. The van der Waals surface area contributed by atoms with Gasteiger partial charge in [0.2, 0.25) is 11.9 Å². The fourth-order valence-corrected chi connectivity index (χ4v) is 5.49. The third-order valence-electron chi connectivity index (χ3n) is 5.49. The number of aromatic nitrogens is 2. The van der Waals surface area contributed by atoms with Gasteiger partial charge in [0, 0.05) is 17.8 Å². The zero-order chi connectivity index (χ0) is 23.4. The molecular formula is C24H25FN4O3S. The van der Waals surface area contributed by atoms with E-state index in [-0.39, 0.29) is 29.7 Å². The lowest BCUT2D eigenvalue weighted by molar-refractivity contribution is -0.116. The van der Waals surface area contributed by atoms with Crippen molar-refractivity contribution in [1.82, 2.24) is 9.97 Å². The summed E-state index contributed by atoms with van der Waals surface area (Å²) >= 11 is 0. The first-order valence-corrected chi connectivity index (χ1v) is 12.5. The zero-order valence-electron chi connectivity index (χ0n) is 18.3. The summed E-state index contributed by atoms with van der Waals surface area (Å²) in [6, 6.07) is 12.4. The molecule has 4 rings (SSSR count). The molecule has 0 radical (unpaired) electrons. The monoisotopic (exact) mass is 468 g/mol. The number of hydrogen-bond acceptors (Lipinski definition) is 6. The standard InChI is InChI=1S/C24H25FN4O3S/c1-2-13-33(31,32)22-6-4-3-5-16(22)7-10-21-19(25)15-26-24(29-21)27-18-9-11-20-17(14-18)8-12-23(30)28-20/h3-6,9,11,14-15H,2,7-8,10,12-13H2,1H3,(H,28,30)(H,26,27,29). The Morgan fingerprint density at radius 3 is 2.76 bits per heavy atom. The van der Waals surface area contributed by atoms with Crippen molar-refractivity contribution in [3.05, 3.63) is 71.3 Å². The predicted octanol–water partition coefficient (Wildman–Crippen LogP) is 4.21. The van der Waals surface area contributed by atoms with E-state index in [1.807, 2.05) is 19.1 Å². The topological polar surface area (TPSA) is 101 Å². The highest BCUT2D eigenvalue weighted by Crippen LogP contribution is 2.27. The van der Waals surface area contributed by atoms with E-state index in [9.17, 15) is 17.6 Å². The third kappa shape index (κ3) is 5.36. The lowest BCUT2D eigenvalue weighted by Crippen LogP contribution is -2.18. The summed E-state index contributed by atoms with van der Waals surface area (Å²) in [5.74, 6) is -0.218. The quantitative estimate of drug-likeness (QED) is 0.514. The van der Waals surface area contributed by atoms with Crippen molar-refractivity contribution < 1.29 is 17.6 Å². The lowest BCUT2D eigenvalue weighted by atomic mass is 10.0. The molecule has 0 spiro atoms. The molecule has 0 saturated heterocycles. The number of sulfone groups is 1. The van der Waals surface area contributed by atoms with E-state index in [1.165, 1.54) is 0 Å². The number of nitrogens with one attached hydrogen (secondary N) is 2. The average Bonchev–Trinajstić information content (AvgIpc) is 2.79. The highest BCUT2D eigenvalue weighted by Gasteiger charge is 2.18. The normalized spacial score (nSPS) is 13.3. The number of amides is 1. The van der Waals surface area contributed by atoms with Crippen LogP contribution in [0.15, 0.2) is 53.6 Å². The number of fused-ring (bicyclic) bond motifs is 1. The molecule has 0 aliphatic carbocycles. The highest BCUT2D eigenvalue weighted by atomic mass is 32.2. The van der Waals surface area contributed by atoms with E-state index in [2.05, 4.69) is 20.6 Å². The largest absolute Gasteiger partial charge is 0.326 e. The number of aryl methyl sites for hydroxylation is 3. The number of carbonyl (C=O) groups is 1. The Morgan fingerprint density at radius 2 is 1.94 bits per heavy atom. The predicted molar refractivity (Wildman–Crippen MR) is 125 cm³/mol. The van der Waals surface area contributed by atoms with Gasteiger partial charge in [-0.3, -0.25) is 4.79 Å². The van der Waals surface area contributed by atoms with Crippen molar-refractivity contribution in [3.63, 3.8) is 0 Å². The summed E-state index contributed by atoms with van der Waals surface area (Å²) in [4.78, 5) is 20.2. The van der Waals surface area contributed by atoms with Gasteiger partial charge >= 0.3 is 0 Å². The van der Waals surface area contributed by atoms with Crippen molar-refractivity contribution in [3.8, 4) is 0 Å². The van der Waals surface area contributed by atoms with Crippen molar-refractivity contribution in [2.24, 2.45) is 0 Å². The van der Waals surface area contributed by atoms with Crippen LogP contribution >= 0.6 is 0 Å². The minimum Gasteiger partial charge on any atom is -0.326 e. The van der Waals surface area contributed by atoms with Gasteiger partial charge in [0.15, 0.2) is 15.7 Å². The number of halogens is 1. The summed E-state index contributed by atoms with van der Waals surface area (Å²) in [7, 11) is -3.38. The molecular weight excluding hydrogens is 443 g/mol. The van der Waals surface area contributed by atoms with Gasteiger partial charge in [-0.05, 0) is 61.1 Å². The Balaban J connectivity index is 1.51. The fourth-order valence-electron chi connectivity index (χ4n) is 3.87. The Kier molecular flexibility index (Phi) is 6.69. The molecule has 9 heteroatoms. The van der Waals surface area contributed by atoms with Gasteiger partial charge < -0.3 is 10.6 Å². The van der Waals surface area contributed by atoms with Crippen LogP contribution < -0.4 is 10.6 Å². The van der Waals surface area contributed by atoms with E-state index in [1.54, 1.807) is 30.3 Å². The summed E-state index contributed by atoms with van der Waals surface area (Å²) in [6.07, 6.45) is 3.29. The summed E-state index contributed by atoms with van der Waals surface area (Å²) in [6.45, 7) is 1.82. The first-order chi connectivity index (χ1) is 15.9. The van der Waals surface area contributed by atoms with E-state index in [0.717, 1.165) is 23.1 Å². The van der Waals surface area contributed by atoms with E-state index in [0.29, 0.717) is 36.1 Å². The van der Waals surface area contributed by atoms with Gasteiger partial charge in [-0.15, -0.1) is 0 Å². The van der Waals surface area contributed by atoms with Gasteiger partial charge in [0.05, 0.1) is 22.5 Å². The van der Waals surface area contributed by atoms with Crippen molar-refractivity contribution in [2.45, 2.75) is 43.9 Å². The zero-order valence-corrected chi connectivity index (χ0v) is 19.1. The Labute approximate surface area is 192 Å². The molecule has 7 nitrogen and oxygen atoms in total. The molecule has 0 atom stereocenters. The Hall–Kier alpha value is -3.33. The third-order valence-corrected chi connectivity index (χ3v) is 7.50. The van der Waals surface area contributed by atoms with Gasteiger partial charge in [-0.25, -0.2) is 22.8 Å². The maximum Gasteiger partial charge on any atom is 0.227 e. The second kappa shape index (κ2) is 9.66. The van der Waals surface area contributed by atoms with Crippen LogP contribution in [0.4, 0.5) is 21.7 Å². The minimum atomic E-state index is -3.38. The van der Waals surface area contributed by atoms with Gasteiger partial charge in [-0.1, -0.05) is 25.1 Å². The fraction of sp³-hybridized carbons (Fsp3) is 0.292. The van der Waals surface area contributed by atoms with Crippen molar-refractivity contribution >= 4 is 33.1 Å². The van der Waals surface area contributed by atoms with Crippen LogP contribution in [0.5, 0.6) is 0 Å². The maximum atomic E-state index is 14.4. The number of anilines is 3. The number of carbonyl (C=O) groups excluding carboxylic acids is 1. The molecule has 0 bridgehead atoms. The van der Waals surface area contributed by atoms with Gasteiger partial charge in [0.25, 0.3) is 0 Å².